The Morgan fingerprint density at radius 3 is 2.45 bits per heavy atom. The number of nitrogens with zero attached hydrogens (tertiary/aromatic N) is 1. The highest BCUT2D eigenvalue weighted by Crippen LogP contribution is 2.33. The summed E-state index contributed by atoms with van der Waals surface area (Å²) in [4.78, 5) is 26.2. The molecule has 1 N–H and O–H groups in total. The van der Waals surface area contributed by atoms with Crippen molar-refractivity contribution in [1.29, 1.82) is 0 Å². The SMILES string of the molecule is O=C(O)c1cccc(Br)c1OCC(=O)N(Cc1ccc(F)cc1)Cc1ccc2c(c1)OCO2. The van der Waals surface area contributed by atoms with E-state index in [1.165, 1.54) is 18.2 Å². The number of carboxylic acids is 1. The van der Waals surface area contributed by atoms with Gasteiger partial charge in [0.15, 0.2) is 18.1 Å². The van der Waals surface area contributed by atoms with Gasteiger partial charge in [-0.2, -0.15) is 0 Å². The molecule has 3 aromatic rings. The van der Waals surface area contributed by atoms with E-state index in [2.05, 4.69) is 15.9 Å². The van der Waals surface area contributed by atoms with Crippen molar-refractivity contribution in [2.75, 3.05) is 13.4 Å². The quantitative estimate of drug-likeness (QED) is 0.471. The molecule has 3 aromatic carbocycles. The summed E-state index contributed by atoms with van der Waals surface area (Å²) in [5.41, 5.74) is 1.48. The summed E-state index contributed by atoms with van der Waals surface area (Å²) in [6.07, 6.45) is 0. The number of amides is 1. The van der Waals surface area contributed by atoms with Gasteiger partial charge in [-0.3, -0.25) is 4.79 Å². The van der Waals surface area contributed by atoms with E-state index in [0.29, 0.717) is 16.0 Å². The van der Waals surface area contributed by atoms with Crippen LogP contribution < -0.4 is 14.2 Å². The number of benzene rings is 3. The van der Waals surface area contributed by atoms with Crippen LogP contribution in [0.4, 0.5) is 4.39 Å². The average Bonchev–Trinajstić information content (AvgIpc) is 3.26. The Kier molecular flexibility index (Phi) is 6.79. The summed E-state index contributed by atoms with van der Waals surface area (Å²) in [5.74, 6) is -0.605. The van der Waals surface area contributed by atoms with Crippen molar-refractivity contribution < 1.29 is 33.3 Å². The molecule has 9 heteroatoms. The number of aromatic carboxylic acids is 1. The number of ether oxygens (including phenoxy) is 3. The largest absolute Gasteiger partial charge is 0.482 e. The molecule has 0 unspecified atom stereocenters. The van der Waals surface area contributed by atoms with E-state index >= 15 is 0 Å². The van der Waals surface area contributed by atoms with Crippen LogP contribution in [0.2, 0.25) is 0 Å². The summed E-state index contributed by atoms with van der Waals surface area (Å²) >= 11 is 3.27. The summed E-state index contributed by atoms with van der Waals surface area (Å²) in [6.45, 7) is 0.202. The van der Waals surface area contributed by atoms with E-state index < -0.39 is 5.97 Å². The minimum absolute atomic E-state index is 0.0574. The van der Waals surface area contributed by atoms with Crippen LogP contribution in [0.3, 0.4) is 0 Å². The maximum absolute atomic E-state index is 13.3. The number of rotatable bonds is 8. The Balaban J connectivity index is 1.54. The van der Waals surface area contributed by atoms with Crippen molar-refractivity contribution in [3.05, 3.63) is 87.6 Å². The van der Waals surface area contributed by atoms with Gasteiger partial charge in [-0.25, -0.2) is 9.18 Å². The highest BCUT2D eigenvalue weighted by Gasteiger charge is 2.21. The molecule has 4 rings (SSSR count). The maximum Gasteiger partial charge on any atom is 0.339 e. The first-order valence-electron chi connectivity index (χ1n) is 9.96. The predicted molar refractivity (Wildman–Crippen MR) is 120 cm³/mol. The average molecular weight is 516 g/mol. The van der Waals surface area contributed by atoms with Crippen LogP contribution in [0.1, 0.15) is 21.5 Å². The van der Waals surface area contributed by atoms with E-state index in [-0.39, 0.29) is 49.5 Å². The van der Waals surface area contributed by atoms with Crippen molar-refractivity contribution in [2.45, 2.75) is 13.1 Å². The Morgan fingerprint density at radius 2 is 1.70 bits per heavy atom. The fraction of sp³-hybridized carbons (Fsp3) is 0.167. The number of carbonyl (C=O) groups excluding carboxylic acids is 1. The van der Waals surface area contributed by atoms with Gasteiger partial charge in [0.25, 0.3) is 5.91 Å². The molecule has 0 radical (unpaired) electrons. The summed E-state index contributed by atoms with van der Waals surface area (Å²) in [7, 11) is 0. The second-order valence-corrected chi connectivity index (χ2v) is 8.13. The van der Waals surface area contributed by atoms with Crippen molar-refractivity contribution in [3.63, 3.8) is 0 Å². The first-order valence-corrected chi connectivity index (χ1v) is 10.8. The summed E-state index contributed by atoms with van der Waals surface area (Å²) in [5, 5.41) is 9.40. The molecule has 0 bridgehead atoms. The first-order chi connectivity index (χ1) is 15.9. The molecule has 1 aliphatic heterocycles. The highest BCUT2D eigenvalue weighted by molar-refractivity contribution is 9.10. The van der Waals surface area contributed by atoms with Crippen molar-refractivity contribution >= 4 is 27.8 Å². The highest BCUT2D eigenvalue weighted by atomic mass is 79.9. The number of hydrogen-bond acceptors (Lipinski definition) is 5. The Hall–Kier alpha value is -3.59. The van der Waals surface area contributed by atoms with Gasteiger partial charge >= 0.3 is 5.97 Å². The lowest BCUT2D eigenvalue weighted by atomic mass is 10.1. The lowest BCUT2D eigenvalue weighted by molar-refractivity contribution is -0.134. The molecule has 0 fully saturated rings. The second kappa shape index (κ2) is 9.91. The number of carboxylic acid groups (broad SMARTS) is 1. The molecule has 0 spiro atoms. The minimum atomic E-state index is -1.16. The van der Waals surface area contributed by atoms with E-state index in [1.54, 1.807) is 41.3 Å². The molecule has 0 saturated carbocycles. The standard InChI is InChI=1S/C24H19BrFNO6/c25-19-3-1-2-18(24(29)30)23(19)31-13-22(28)27(11-15-4-7-17(26)8-5-15)12-16-6-9-20-21(10-16)33-14-32-20/h1-10H,11-14H2,(H,29,30). The molecule has 170 valence electrons. The van der Waals surface area contributed by atoms with Crippen molar-refractivity contribution in [2.24, 2.45) is 0 Å². The molecule has 1 amide bonds. The van der Waals surface area contributed by atoms with Crippen LogP contribution in [0.5, 0.6) is 17.2 Å². The molecule has 0 aliphatic carbocycles. The minimum Gasteiger partial charge on any atom is -0.482 e. The molecule has 0 saturated heterocycles. The van der Waals surface area contributed by atoms with Crippen molar-refractivity contribution in [1.82, 2.24) is 4.90 Å². The Labute approximate surface area is 197 Å². The zero-order valence-corrected chi connectivity index (χ0v) is 18.9. The predicted octanol–water partition coefficient (Wildman–Crippen LogP) is 4.62. The van der Waals surface area contributed by atoms with Crippen LogP contribution in [0, 0.1) is 5.82 Å². The first kappa shape index (κ1) is 22.6. The number of halogens is 2. The number of fused-ring (bicyclic) bond motifs is 1. The van der Waals surface area contributed by atoms with Gasteiger partial charge in [-0.05, 0) is 63.5 Å². The van der Waals surface area contributed by atoms with Crippen LogP contribution in [0.25, 0.3) is 0 Å². The zero-order valence-electron chi connectivity index (χ0n) is 17.3. The van der Waals surface area contributed by atoms with Gasteiger partial charge < -0.3 is 24.2 Å². The molecule has 33 heavy (non-hydrogen) atoms. The summed E-state index contributed by atoms with van der Waals surface area (Å²) in [6, 6.07) is 15.9. The van der Waals surface area contributed by atoms with Gasteiger partial charge in [-0.15, -0.1) is 0 Å². The van der Waals surface area contributed by atoms with Gasteiger partial charge in [0.2, 0.25) is 6.79 Å². The Morgan fingerprint density at radius 1 is 1.00 bits per heavy atom. The van der Waals surface area contributed by atoms with Gasteiger partial charge in [0.05, 0.1) is 4.47 Å². The van der Waals surface area contributed by atoms with Crippen LogP contribution in [-0.2, 0) is 17.9 Å². The van der Waals surface area contributed by atoms with E-state index in [1.807, 2.05) is 6.07 Å². The normalized spacial score (nSPS) is 11.8. The zero-order chi connectivity index (χ0) is 23.4. The van der Waals surface area contributed by atoms with Crippen LogP contribution in [-0.4, -0.2) is 35.3 Å². The molecular formula is C24H19BrFNO6. The smallest absolute Gasteiger partial charge is 0.339 e. The van der Waals surface area contributed by atoms with E-state index in [0.717, 1.165) is 11.1 Å². The molecule has 1 heterocycles. The number of hydrogen-bond donors (Lipinski definition) is 1. The third-order valence-electron chi connectivity index (χ3n) is 4.99. The monoisotopic (exact) mass is 515 g/mol. The third kappa shape index (κ3) is 5.43. The second-order valence-electron chi connectivity index (χ2n) is 7.27. The van der Waals surface area contributed by atoms with E-state index in [4.69, 9.17) is 14.2 Å². The van der Waals surface area contributed by atoms with Gasteiger partial charge in [0.1, 0.15) is 17.1 Å². The lowest BCUT2D eigenvalue weighted by Gasteiger charge is -2.24. The molecule has 0 aromatic heterocycles. The fourth-order valence-corrected chi connectivity index (χ4v) is 3.83. The molecule has 7 nitrogen and oxygen atoms in total. The fourth-order valence-electron chi connectivity index (χ4n) is 3.35. The molecule has 1 aliphatic rings. The lowest BCUT2D eigenvalue weighted by Crippen LogP contribution is -2.34. The van der Waals surface area contributed by atoms with E-state index in [9.17, 15) is 19.1 Å². The van der Waals surface area contributed by atoms with Gasteiger partial charge in [0, 0.05) is 13.1 Å². The number of para-hydroxylation sites is 1. The summed E-state index contributed by atoms with van der Waals surface area (Å²) < 4.78 is 30.1. The van der Waals surface area contributed by atoms with Gasteiger partial charge in [-0.1, -0.05) is 24.3 Å². The number of carbonyl (C=O) groups is 2. The molecule has 0 atom stereocenters. The Bertz CT molecular complexity index is 1180. The topological polar surface area (TPSA) is 85.3 Å². The molecular weight excluding hydrogens is 497 g/mol. The van der Waals surface area contributed by atoms with Crippen LogP contribution in [0.15, 0.2) is 65.1 Å². The third-order valence-corrected chi connectivity index (χ3v) is 5.61. The maximum atomic E-state index is 13.3. The van der Waals surface area contributed by atoms with Crippen molar-refractivity contribution in [3.8, 4) is 17.2 Å². The van der Waals surface area contributed by atoms with Crippen LogP contribution >= 0.6 is 15.9 Å².